The van der Waals surface area contributed by atoms with Crippen molar-refractivity contribution in [3.05, 3.63) is 34.0 Å². The van der Waals surface area contributed by atoms with Gasteiger partial charge in [-0.05, 0) is 42.4 Å². The summed E-state index contributed by atoms with van der Waals surface area (Å²) in [6.45, 7) is 4.64. The molecule has 0 fully saturated rings. The Hall–Kier alpha value is -2.59. The van der Waals surface area contributed by atoms with Gasteiger partial charge < -0.3 is 10.1 Å². The molecule has 0 aliphatic carbocycles. The number of hydrogen-bond acceptors (Lipinski definition) is 7. The van der Waals surface area contributed by atoms with Gasteiger partial charge in [0, 0.05) is 24.9 Å². The van der Waals surface area contributed by atoms with E-state index in [1.54, 1.807) is 11.7 Å². The second kappa shape index (κ2) is 9.07. The molecule has 8 nitrogen and oxygen atoms in total. The minimum absolute atomic E-state index is 0.143. The molecule has 0 unspecified atom stereocenters. The lowest BCUT2D eigenvalue weighted by Gasteiger charge is -2.07. The van der Waals surface area contributed by atoms with Crippen molar-refractivity contribution in [2.45, 2.75) is 33.2 Å². The first-order valence-electron chi connectivity index (χ1n) is 8.88. The van der Waals surface area contributed by atoms with E-state index in [-0.39, 0.29) is 12.3 Å². The van der Waals surface area contributed by atoms with Crippen molar-refractivity contribution in [1.29, 1.82) is 0 Å². The molecule has 0 aliphatic rings. The van der Waals surface area contributed by atoms with E-state index in [9.17, 15) is 4.79 Å². The molecule has 28 heavy (non-hydrogen) atoms. The van der Waals surface area contributed by atoms with E-state index in [0.717, 1.165) is 22.7 Å². The van der Waals surface area contributed by atoms with Crippen LogP contribution in [0.25, 0.3) is 11.4 Å². The lowest BCUT2D eigenvalue weighted by Crippen LogP contribution is -2.15. The highest BCUT2D eigenvalue weighted by atomic mass is 32.1. The Labute approximate surface area is 172 Å². The Bertz CT molecular complexity index is 990. The molecule has 0 saturated heterocycles. The molecule has 0 bridgehead atoms. The fourth-order valence-electron chi connectivity index (χ4n) is 2.62. The van der Waals surface area contributed by atoms with Gasteiger partial charge in [-0.1, -0.05) is 25.2 Å². The molecule has 2 aromatic heterocycles. The maximum absolute atomic E-state index is 12.3. The minimum Gasteiger partial charge on any atom is -0.497 e. The van der Waals surface area contributed by atoms with Gasteiger partial charge in [0.25, 0.3) is 0 Å². The molecule has 3 aromatic rings. The number of aromatic nitrogens is 5. The van der Waals surface area contributed by atoms with E-state index in [2.05, 4.69) is 39.6 Å². The third-order valence-corrected chi connectivity index (χ3v) is 5.14. The fourth-order valence-corrected chi connectivity index (χ4v) is 3.81. The number of nitrogens with one attached hydrogen (secondary N) is 2. The maximum atomic E-state index is 12.3. The number of carbonyl (C=O) groups is 1. The topological polar surface area (TPSA) is 97.7 Å². The summed E-state index contributed by atoms with van der Waals surface area (Å²) in [5.74, 6) is 1.79. The number of anilines is 1. The molecule has 0 aliphatic heterocycles. The molecular weight excluding hydrogens is 396 g/mol. The van der Waals surface area contributed by atoms with E-state index in [1.807, 2.05) is 24.3 Å². The van der Waals surface area contributed by atoms with Crippen molar-refractivity contribution < 1.29 is 9.53 Å². The largest absolute Gasteiger partial charge is 0.497 e. The zero-order chi connectivity index (χ0) is 20.1. The second-order valence-corrected chi connectivity index (χ2v) is 8.08. The molecule has 2 N–H and O–H groups in total. The SMILES string of the molecule is COc1ccc(-c2n[nH]c(=S)n2CCC(=O)Nc2nnc(CC(C)C)s2)cc1. The molecule has 10 heteroatoms. The molecule has 0 saturated carbocycles. The predicted octanol–water partition coefficient (Wildman–Crippen LogP) is 3.70. The zero-order valence-electron chi connectivity index (χ0n) is 15.9. The number of H-pyrrole nitrogens is 1. The van der Waals surface area contributed by atoms with Crippen LogP contribution in [-0.4, -0.2) is 38.0 Å². The summed E-state index contributed by atoms with van der Waals surface area (Å²) < 4.78 is 7.45. The van der Waals surface area contributed by atoms with Crippen molar-refractivity contribution in [1.82, 2.24) is 25.0 Å². The van der Waals surface area contributed by atoms with E-state index in [0.29, 0.717) is 28.2 Å². The molecule has 1 amide bonds. The van der Waals surface area contributed by atoms with E-state index in [4.69, 9.17) is 17.0 Å². The number of methoxy groups -OCH3 is 1. The van der Waals surface area contributed by atoms with Crippen LogP contribution in [0.2, 0.25) is 0 Å². The predicted molar refractivity (Wildman–Crippen MR) is 111 cm³/mol. The van der Waals surface area contributed by atoms with Crippen molar-refractivity contribution >= 4 is 34.6 Å². The molecule has 2 heterocycles. The summed E-state index contributed by atoms with van der Waals surface area (Å²) in [5, 5.41) is 19.5. The van der Waals surface area contributed by atoms with Gasteiger partial charge in [-0.15, -0.1) is 10.2 Å². The van der Waals surface area contributed by atoms with Crippen molar-refractivity contribution in [3.63, 3.8) is 0 Å². The number of ether oxygens (including phenoxy) is 1. The van der Waals surface area contributed by atoms with E-state index < -0.39 is 0 Å². The highest BCUT2D eigenvalue weighted by molar-refractivity contribution is 7.71. The molecule has 0 atom stereocenters. The lowest BCUT2D eigenvalue weighted by molar-refractivity contribution is -0.116. The summed E-state index contributed by atoms with van der Waals surface area (Å²) in [5.41, 5.74) is 0.885. The summed E-state index contributed by atoms with van der Waals surface area (Å²) in [7, 11) is 1.62. The molecule has 0 radical (unpaired) electrons. The van der Waals surface area contributed by atoms with Crippen LogP contribution in [0, 0.1) is 10.7 Å². The number of aromatic amines is 1. The standard InChI is InChI=1S/C18H22N6O2S2/c1-11(2)10-15-20-22-17(28-15)19-14(25)8-9-24-16(21-23-18(24)27)12-4-6-13(26-3)7-5-12/h4-7,11H,8-10H2,1-3H3,(H,23,27)(H,19,22,25). The number of benzene rings is 1. The van der Waals surface area contributed by atoms with Gasteiger partial charge >= 0.3 is 0 Å². The van der Waals surface area contributed by atoms with Crippen molar-refractivity contribution in [2.75, 3.05) is 12.4 Å². The molecule has 3 rings (SSSR count). The third kappa shape index (κ3) is 5.02. The van der Waals surface area contributed by atoms with Gasteiger partial charge in [0.05, 0.1) is 7.11 Å². The molecule has 148 valence electrons. The Morgan fingerprint density at radius 3 is 2.75 bits per heavy atom. The van der Waals surface area contributed by atoms with Crippen LogP contribution in [0.4, 0.5) is 5.13 Å². The molecular formula is C18H22N6O2S2. The van der Waals surface area contributed by atoms with Gasteiger partial charge in [-0.25, -0.2) is 0 Å². The number of hydrogen-bond donors (Lipinski definition) is 2. The first-order chi connectivity index (χ1) is 13.5. The van der Waals surface area contributed by atoms with Crippen LogP contribution in [0.1, 0.15) is 25.3 Å². The average Bonchev–Trinajstić information content (AvgIpc) is 3.25. The average molecular weight is 419 g/mol. The van der Waals surface area contributed by atoms with Gasteiger partial charge in [-0.2, -0.15) is 5.10 Å². The second-order valence-electron chi connectivity index (χ2n) is 6.63. The summed E-state index contributed by atoms with van der Waals surface area (Å²) >= 11 is 6.72. The quantitative estimate of drug-likeness (QED) is 0.542. The molecule has 0 spiro atoms. The Kier molecular flexibility index (Phi) is 6.53. The van der Waals surface area contributed by atoms with Gasteiger partial charge in [-0.3, -0.25) is 14.5 Å². The van der Waals surface area contributed by atoms with Gasteiger partial charge in [0.1, 0.15) is 10.8 Å². The normalized spacial score (nSPS) is 11.0. The van der Waals surface area contributed by atoms with Crippen LogP contribution in [0.5, 0.6) is 5.75 Å². The van der Waals surface area contributed by atoms with Crippen LogP contribution in [0.15, 0.2) is 24.3 Å². The smallest absolute Gasteiger partial charge is 0.227 e. The van der Waals surface area contributed by atoms with E-state index in [1.165, 1.54) is 11.3 Å². The first-order valence-corrected chi connectivity index (χ1v) is 10.1. The highest BCUT2D eigenvalue weighted by Crippen LogP contribution is 2.22. The lowest BCUT2D eigenvalue weighted by atomic mass is 10.1. The first kappa shape index (κ1) is 20.2. The Balaban J connectivity index is 1.64. The van der Waals surface area contributed by atoms with Crippen LogP contribution < -0.4 is 10.1 Å². The van der Waals surface area contributed by atoms with Crippen molar-refractivity contribution in [2.24, 2.45) is 5.92 Å². The zero-order valence-corrected chi connectivity index (χ0v) is 17.6. The number of nitrogens with zero attached hydrogens (tertiary/aromatic N) is 4. The monoisotopic (exact) mass is 418 g/mol. The van der Waals surface area contributed by atoms with Crippen LogP contribution in [0.3, 0.4) is 0 Å². The highest BCUT2D eigenvalue weighted by Gasteiger charge is 2.13. The maximum Gasteiger partial charge on any atom is 0.227 e. The Morgan fingerprint density at radius 1 is 1.32 bits per heavy atom. The van der Waals surface area contributed by atoms with Gasteiger partial charge in [0.15, 0.2) is 10.6 Å². The summed E-state index contributed by atoms with van der Waals surface area (Å²) in [6.07, 6.45) is 1.10. The molecule has 1 aromatic carbocycles. The van der Waals surface area contributed by atoms with Crippen molar-refractivity contribution in [3.8, 4) is 17.1 Å². The summed E-state index contributed by atoms with van der Waals surface area (Å²) in [4.78, 5) is 12.3. The number of amides is 1. The minimum atomic E-state index is -0.143. The number of rotatable bonds is 8. The number of carbonyl (C=O) groups excluding carboxylic acids is 1. The van der Waals surface area contributed by atoms with Gasteiger partial charge in [0.2, 0.25) is 11.0 Å². The fraction of sp³-hybridized carbons (Fsp3) is 0.389. The Morgan fingerprint density at radius 2 is 2.07 bits per heavy atom. The summed E-state index contributed by atoms with van der Waals surface area (Å²) in [6, 6.07) is 7.51. The van der Waals surface area contributed by atoms with Crippen LogP contribution >= 0.6 is 23.6 Å². The van der Waals surface area contributed by atoms with E-state index >= 15 is 0 Å². The third-order valence-electron chi connectivity index (χ3n) is 3.97. The van der Waals surface area contributed by atoms with Crippen LogP contribution in [-0.2, 0) is 17.8 Å².